The van der Waals surface area contributed by atoms with Crippen LogP contribution in [-0.4, -0.2) is 11.1 Å². The van der Waals surface area contributed by atoms with Gasteiger partial charge in [-0.1, -0.05) is 35.9 Å². The molecule has 0 bridgehead atoms. The van der Waals surface area contributed by atoms with Crippen molar-refractivity contribution in [2.45, 2.75) is 12.6 Å². The van der Waals surface area contributed by atoms with Gasteiger partial charge in [0.05, 0.1) is 0 Å². The number of carbonyl (C=O) groups is 1. The van der Waals surface area contributed by atoms with Crippen LogP contribution in [0.2, 0.25) is 5.02 Å². The summed E-state index contributed by atoms with van der Waals surface area (Å²) in [6, 6.07) is 11.7. The standard InChI is InChI=1S/C15H13ClFNO2/c16-12-6-4-10(5-7-12)9-18-14(15(19)20)11-2-1-3-13(17)8-11/h1-8,14,18H,9H2,(H,19,20). The zero-order valence-electron chi connectivity index (χ0n) is 10.5. The molecule has 0 aliphatic carbocycles. The minimum Gasteiger partial charge on any atom is -0.480 e. The summed E-state index contributed by atoms with van der Waals surface area (Å²) in [4.78, 5) is 11.3. The van der Waals surface area contributed by atoms with Gasteiger partial charge in [-0.25, -0.2) is 4.39 Å². The summed E-state index contributed by atoms with van der Waals surface area (Å²) in [6.07, 6.45) is 0. The molecule has 3 nitrogen and oxygen atoms in total. The maximum atomic E-state index is 13.2. The minimum atomic E-state index is -1.05. The Bertz CT molecular complexity index is 601. The van der Waals surface area contributed by atoms with Crippen LogP contribution in [0.4, 0.5) is 4.39 Å². The summed E-state index contributed by atoms with van der Waals surface area (Å²) in [5.74, 6) is -1.51. The maximum Gasteiger partial charge on any atom is 0.325 e. The van der Waals surface area contributed by atoms with E-state index in [0.717, 1.165) is 5.56 Å². The van der Waals surface area contributed by atoms with Crippen LogP contribution in [0.1, 0.15) is 17.2 Å². The predicted molar refractivity (Wildman–Crippen MR) is 75.1 cm³/mol. The normalized spacial score (nSPS) is 12.1. The van der Waals surface area contributed by atoms with Gasteiger partial charge in [0.2, 0.25) is 0 Å². The molecule has 2 aromatic carbocycles. The molecule has 5 heteroatoms. The van der Waals surface area contributed by atoms with Crippen LogP contribution in [0.5, 0.6) is 0 Å². The highest BCUT2D eigenvalue weighted by atomic mass is 35.5. The highest BCUT2D eigenvalue weighted by molar-refractivity contribution is 6.30. The molecule has 2 rings (SSSR count). The Morgan fingerprint density at radius 1 is 1.25 bits per heavy atom. The third-order valence-corrected chi connectivity index (χ3v) is 3.10. The molecule has 104 valence electrons. The van der Waals surface area contributed by atoms with Crippen molar-refractivity contribution in [3.05, 3.63) is 70.5 Å². The summed E-state index contributed by atoms with van der Waals surface area (Å²) in [7, 11) is 0. The highest BCUT2D eigenvalue weighted by Crippen LogP contribution is 2.16. The Balaban J connectivity index is 2.10. The second-order valence-electron chi connectivity index (χ2n) is 4.33. The fraction of sp³-hybridized carbons (Fsp3) is 0.133. The van der Waals surface area contributed by atoms with Gasteiger partial charge in [0, 0.05) is 11.6 Å². The molecule has 0 radical (unpaired) electrons. The molecule has 1 unspecified atom stereocenters. The van der Waals surface area contributed by atoms with Crippen LogP contribution in [0.25, 0.3) is 0 Å². The van der Waals surface area contributed by atoms with E-state index in [-0.39, 0.29) is 0 Å². The van der Waals surface area contributed by atoms with E-state index < -0.39 is 17.8 Å². The van der Waals surface area contributed by atoms with Gasteiger partial charge in [0.25, 0.3) is 0 Å². The van der Waals surface area contributed by atoms with E-state index in [1.54, 1.807) is 30.3 Å². The fourth-order valence-corrected chi connectivity index (χ4v) is 1.98. The van der Waals surface area contributed by atoms with E-state index in [9.17, 15) is 14.3 Å². The van der Waals surface area contributed by atoms with E-state index >= 15 is 0 Å². The topological polar surface area (TPSA) is 49.3 Å². The summed E-state index contributed by atoms with van der Waals surface area (Å²) < 4.78 is 13.2. The Labute approximate surface area is 121 Å². The second kappa shape index (κ2) is 6.50. The number of rotatable bonds is 5. The Morgan fingerprint density at radius 2 is 1.95 bits per heavy atom. The minimum absolute atomic E-state index is 0.352. The summed E-state index contributed by atoms with van der Waals surface area (Å²) in [5.41, 5.74) is 1.28. The van der Waals surface area contributed by atoms with Crippen LogP contribution in [0, 0.1) is 5.82 Å². The first kappa shape index (κ1) is 14.5. The monoisotopic (exact) mass is 293 g/mol. The third kappa shape index (κ3) is 3.79. The average Bonchev–Trinajstić information content (AvgIpc) is 2.41. The predicted octanol–water partition coefficient (Wildman–Crippen LogP) is 3.39. The van der Waals surface area contributed by atoms with E-state index in [0.29, 0.717) is 17.1 Å². The average molecular weight is 294 g/mol. The Kier molecular flexibility index (Phi) is 4.71. The van der Waals surface area contributed by atoms with E-state index in [1.807, 2.05) is 0 Å². The third-order valence-electron chi connectivity index (χ3n) is 2.85. The zero-order valence-corrected chi connectivity index (χ0v) is 11.3. The van der Waals surface area contributed by atoms with Crippen LogP contribution >= 0.6 is 11.6 Å². The number of benzene rings is 2. The molecule has 0 fully saturated rings. The maximum absolute atomic E-state index is 13.2. The van der Waals surface area contributed by atoms with Gasteiger partial charge in [-0.05, 0) is 35.4 Å². The largest absolute Gasteiger partial charge is 0.480 e. The van der Waals surface area contributed by atoms with Crippen molar-refractivity contribution >= 4 is 17.6 Å². The van der Waals surface area contributed by atoms with Crippen LogP contribution in [0.15, 0.2) is 48.5 Å². The molecule has 0 spiro atoms. The molecule has 1 atom stereocenters. The molecular weight excluding hydrogens is 281 g/mol. The molecule has 0 heterocycles. The van der Waals surface area contributed by atoms with E-state index in [4.69, 9.17) is 11.6 Å². The lowest BCUT2D eigenvalue weighted by molar-refractivity contribution is -0.139. The number of aliphatic carboxylic acids is 1. The van der Waals surface area contributed by atoms with Gasteiger partial charge in [-0.2, -0.15) is 0 Å². The number of hydrogen-bond acceptors (Lipinski definition) is 2. The van der Waals surface area contributed by atoms with Gasteiger partial charge in [0.1, 0.15) is 11.9 Å². The molecule has 0 aliphatic rings. The van der Waals surface area contributed by atoms with Gasteiger partial charge in [0.15, 0.2) is 0 Å². The van der Waals surface area contributed by atoms with Crippen molar-refractivity contribution in [3.63, 3.8) is 0 Å². The van der Waals surface area contributed by atoms with Crippen molar-refractivity contribution < 1.29 is 14.3 Å². The Hall–Kier alpha value is -1.91. The van der Waals surface area contributed by atoms with Crippen molar-refractivity contribution in [1.82, 2.24) is 5.32 Å². The molecule has 0 aromatic heterocycles. The van der Waals surface area contributed by atoms with E-state index in [1.165, 1.54) is 18.2 Å². The lowest BCUT2D eigenvalue weighted by atomic mass is 10.1. The molecule has 2 N–H and O–H groups in total. The summed E-state index contributed by atoms with van der Waals surface area (Å²) in [5, 5.41) is 12.7. The summed E-state index contributed by atoms with van der Waals surface area (Å²) >= 11 is 5.78. The lowest BCUT2D eigenvalue weighted by Crippen LogP contribution is -2.28. The SMILES string of the molecule is O=C(O)C(NCc1ccc(Cl)cc1)c1cccc(F)c1. The van der Waals surface area contributed by atoms with Gasteiger partial charge in [-0.15, -0.1) is 0 Å². The van der Waals surface area contributed by atoms with Gasteiger partial charge in [-0.3, -0.25) is 10.1 Å². The first-order valence-electron chi connectivity index (χ1n) is 6.02. The molecule has 0 amide bonds. The first-order chi connectivity index (χ1) is 9.56. The van der Waals surface area contributed by atoms with E-state index in [2.05, 4.69) is 5.32 Å². The van der Waals surface area contributed by atoms with Crippen molar-refractivity contribution in [1.29, 1.82) is 0 Å². The molecular formula is C15H13ClFNO2. The lowest BCUT2D eigenvalue weighted by Gasteiger charge is -2.15. The van der Waals surface area contributed by atoms with Crippen molar-refractivity contribution in [2.24, 2.45) is 0 Å². The molecule has 20 heavy (non-hydrogen) atoms. The van der Waals surface area contributed by atoms with Crippen LogP contribution in [0.3, 0.4) is 0 Å². The number of halogens is 2. The quantitative estimate of drug-likeness (QED) is 0.888. The molecule has 2 aromatic rings. The van der Waals surface area contributed by atoms with Gasteiger partial charge < -0.3 is 5.11 Å². The molecule has 0 aliphatic heterocycles. The first-order valence-corrected chi connectivity index (χ1v) is 6.40. The Morgan fingerprint density at radius 3 is 2.55 bits per heavy atom. The number of carboxylic acids is 1. The smallest absolute Gasteiger partial charge is 0.325 e. The summed E-state index contributed by atoms with van der Waals surface area (Å²) in [6.45, 7) is 0.352. The van der Waals surface area contributed by atoms with Crippen molar-refractivity contribution in [2.75, 3.05) is 0 Å². The van der Waals surface area contributed by atoms with Crippen molar-refractivity contribution in [3.8, 4) is 0 Å². The second-order valence-corrected chi connectivity index (χ2v) is 4.77. The number of nitrogens with one attached hydrogen (secondary N) is 1. The zero-order chi connectivity index (χ0) is 14.5. The fourth-order valence-electron chi connectivity index (χ4n) is 1.86. The highest BCUT2D eigenvalue weighted by Gasteiger charge is 2.19. The molecule has 0 saturated heterocycles. The van der Waals surface area contributed by atoms with Crippen LogP contribution < -0.4 is 5.32 Å². The van der Waals surface area contributed by atoms with Gasteiger partial charge >= 0.3 is 5.97 Å². The number of carboxylic acid groups (broad SMARTS) is 1. The number of hydrogen-bond donors (Lipinski definition) is 2. The van der Waals surface area contributed by atoms with Crippen LogP contribution in [-0.2, 0) is 11.3 Å². The molecule has 0 saturated carbocycles.